The highest BCUT2D eigenvalue weighted by Crippen LogP contribution is 2.35. The lowest BCUT2D eigenvalue weighted by atomic mass is 9.96. The standard InChI is InChI=1S/C36H60O30/c37-1-7-13(39)19(45)23(49)32(60-7)56-4-9-16(42)22(48)30(31(54)59-9)55-3-12-18(44)29-27(53)34(62-12)58-6-11-15(41)20(46)24(50)35(63-11)65-28-17(43)8(2-38)61-33(26(28)52)57-5-10-14(40)21(47)25(51)36(64-10)66-29/h7-54H,1-6H2/t7-,8-,9-,10-,11+,12-,13+,14-,15+,16+,17-,18-,19+,20-,21+,22+,23-,24+,25-,26-,27-,28+,29+,30-,31-,32-,33+,34+,35+,36-/m1/s1. The molecule has 66 heavy (non-hydrogen) atoms. The van der Waals surface area contributed by atoms with Gasteiger partial charge in [0, 0.05) is 0 Å². The van der Waals surface area contributed by atoms with Crippen LogP contribution in [0.2, 0.25) is 0 Å². The molecular weight excluding hydrogens is 912 g/mol. The fourth-order valence-corrected chi connectivity index (χ4v) is 8.55. The average molecular weight is 973 g/mol. The first-order valence-corrected chi connectivity index (χ1v) is 21.1. The van der Waals surface area contributed by atoms with Crippen molar-refractivity contribution in [2.24, 2.45) is 0 Å². The number of ether oxygens (including phenoxy) is 12. The van der Waals surface area contributed by atoms with E-state index in [1.807, 2.05) is 0 Å². The molecule has 0 unspecified atom stereocenters. The number of aliphatic hydroxyl groups excluding tert-OH is 18. The summed E-state index contributed by atoms with van der Waals surface area (Å²) in [6, 6.07) is 0. The van der Waals surface area contributed by atoms with Crippen LogP contribution in [0.1, 0.15) is 0 Å². The largest absolute Gasteiger partial charge is 0.394 e. The molecule has 384 valence electrons. The third-order valence-electron chi connectivity index (χ3n) is 12.6. The fourth-order valence-electron chi connectivity index (χ4n) is 8.55. The maximum atomic E-state index is 11.5. The molecule has 30 atom stereocenters. The second-order valence-electron chi connectivity index (χ2n) is 17.0. The van der Waals surface area contributed by atoms with Gasteiger partial charge in [0.2, 0.25) is 0 Å². The molecule has 0 aromatic heterocycles. The molecule has 7 heterocycles. The minimum Gasteiger partial charge on any atom is -0.394 e. The van der Waals surface area contributed by atoms with E-state index in [-0.39, 0.29) is 0 Å². The summed E-state index contributed by atoms with van der Waals surface area (Å²) in [5, 5.41) is 192. The second kappa shape index (κ2) is 22.1. The molecule has 8 bridgehead atoms. The highest BCUT2D eigenvalue weighted by Gasteiger charge is 2.56. The summed E-state index contributed by atoms with van der Waals surface area (Å²) in [5.74, 6) is 0. The van der Waals surface area contributed by atoms with Crippen LogP contribution in [0.5, 0.6) is 0 Å². The molecule has 0 amide bonds. The van der Waals surface area contributed by atoms with Gasteiger partial charge in [0.1, 0.15) is 146 Å². The van der Waals surface area contributed by atoms with Gasteiger partial charge in [0.25, 0.3) is 0 Å². The van der Waals surface area contributed by atoms with Gasteiger partial charge in [-0.3, -0.25) is 0 Å². The van der Waals surface area contributed by atoms with Gasteiger partial charge in [-0.05, 0) is 0 Å². The van der Waals surface area contributed by atoms with Crippen molar-refractivity contribution in [2.45, 2.75) is 184 Å². The normalized spacial score (nSPS) is 55.4. The molecule has 7 fully saturated rings. The highest BCUT2D eigenvalue weighted by atomic mass is 16.8. The minimum atomic E-state index is -2.10. The van der Waals surface area contributed by atoms with Crippen LogP contribution in [-0.2, 0) is 56.8 Å². The van der Waals surface area contributed by atoms with Crippen molar-refractivity contribution in [1.82, 2.24) is 0 Å². The van der Waals surface area contributed by atoms with E-state index >= 15 is 0 Å². The van der Waals surface area contributed by atoms with Gasteiger partial charge in [-0.1, -0.05) is 0 Å². The quantitative estimate of drug-likeness (QED) is 0.107. The highest BCUT2D eigenvalue weighted by molar-refractivity contribution is 4.99. The van der Waals surface area contributed by atoms with Gasteiger partial charge in [-0.25, -0.2) is 0 Å². The van der Waals surface area contributed by atoms with Crippen molar-refractivity contribution in [3.8, 4) is 0 Å². The lowest BCUT2D eigenvalue weighted by Crippen LogP contribution is -2.67. The summed E-state index contributed by atoms with van der Waals surface area (Å²) in [6.45, 7) is -4.82. The van der Waals surface area contributed by atoms with Crippen molar-refractivity contribution in [1.29, 1.82) is 0 Å². The van der Waals surface area contributed by atoms with Gasteiger partial charge in [0.05, 0.1) is 39.6 Å². The Kier molecular flexibility index (Phi) is 17.6. The van der Waals surface area contributed by atoms with Crippen LogP contribution in [0.15, 0.2) is 0 Å². The topological polar surface area (TPSA) is 475 Å². The molecule has 0 aromatic carbocycles. The van der Waals surface area contributed by atoms with Crippen molar-refractivity contribution in [2.75, 3.05) is 39.6 Å². The van der Waals surface area contributed by atoms with E-state index in [2.05, 4.69) is 0 Å². The fraction of sp³-hybridized carbons (Fsp3) is 1.00. The van der Waals surface area contributed by atoms with E-state index in [1.165, 1.54) is 0 Å². The Morgan fingerprint density at radius 1 is 0.333 bits per heavy atom. The van der Waals surface area contributed by atoms with Crippen molar-refractivity contribution < 1.29 is 149 Å². The summed E-state index contributed by atoms with van der Waals surface area (Å²) in [5.41, 5.74) is 0. The van der Waals surface area contributed by atoms with Crippen molar-refractivity contribution >= 4 is 0 Å². The molecule has 0 spiro atoms. The monoisotopic (exact) mass is 972 g/mol. The molecule has 30 nitrogen and oxygen atoms in total. The second-order valence-corrected chi connectivity index (χ2v) is 17.0. The molecule has 0 aromatic rings. The van der Waals surface area contributed by atoms with Gasteiger partial charge < -0.3 is 149 Å². The van der Waals surface area contributed by atoms with Crippen LogP contribution in [-0.4, -0.2) is 316 Å². The molecule has 7 rings (SSSR count). The average Bonchev–Trinajstić information content (AvgIpc) is 3.29. The van der Waals surface area contributed by atoms with E-state index in [0.29, 0.717) is 0 Å². The predicted octanol–water partition coefficient (Wildman–Crippen LogP) is -13.1. The van der Waals surface area contributed by atoms with Crippen molar-refractivity contribution in [3.05, 3.63) is 0 Å². The number of hydrogen-bond acceptors (Lipinski definition) is 30. The third kappa shape index (κ3) is 10.5. The maximum Gasteiger partial charge on any atom is 0.187 e. The van der Waals surface area contributed by atoms with E-state index < -0.39 is 224 Å². The summed E-state index contributed by atoms with van der Waals surface area (Å²) in [7, 11) is 0. The van der Waals surface area contributed by atoms with E-state index in [0.717, 1.165) is 0 Å². The maximum absolute atomic E-state index is 11.5. The van der Waals surface area contributed by atoms with E-state index in [1.54, 1.807) is 0 Å². The Morgan fingerprint density at radius 2 is 0.758 bits per heavy atom. The van der Waals surface area contributed by atoms with Crippen LogP contribution in [0.3, 0.4) is 0 Å². The first kappa shape index (κ1) is 52.6. The zero-order chi connectivity index (χ0) is 48.0. The van der Waals surface area contributed by atoms with Crippen LogP contribution < -0.4 is 0 Å². The van der Waals surface area contributed by atoms with E-state index in [4.69, 9.17) is 56.8 Å². The van der Waals surface area contributed by atoms with Crippen molar-refractivity contribution in [3.63, 3.8) is 0 Å². The van der Waals surface area contributed by atoms with Crippen LogP contribution in [0.25, 0.3) is 0 Å². The van der Waals surface area contributed by atoms with Crippen LogP contribution in [0, 0.1) is 0 Å². The predicted molar refractivity (Wildman–Crippen MR) is 196 cm³/mol. The lowest BCUT2D eigenvalue weighted by Gasteiger charge is -2.48. The Balaban J connectivity index is 1.08. The zero-order valence-corrected chi connectivity index (χ0v) is 34.5. The molecule has 0 saturated carbocycles. The van der Waals surface area contributed by atoms with Gasteiger partial charge >= 0.3 is 0 Å². The third-order valence-corrected chi connectivity index (χ3v) is 12.6. The minimum absolute atomic E-state index is 0.704. The zero-order valence-electron chi connectivity index (χ0n) is 34.5. The van der Waals surface area contributed by atoms with Gasteiger partial charge in [-0.15, -0.1) is 0 Å². The van der Waals surface area contributed by atoms with Crippen LogP contribution in [0.4, 0.5) is 0 Å². The molecule has 0 radical (unpaired) electrons. The number of fused-ring (bicyclic) bond motifs is 8. The van der Waals surface area contributed by atoms with E-state index in [9.17, 15) is 91.9 Å². The van der Waals surface area contributed by atoms with Gasteiger partial charge in [-0.2, -0.15) is 0 Å². The molecule has 0 aliphatic carbocycles. The first-order valence-electron chi connectivity index (χ1n) is 21.1. The number of rotatable bonds is 8. The Bertz CT molecular complexity index is 1520. The van der Waals surface area contributed by atoms with Gasteiger partial charge in [0.15, 0.2) is 37.7 Å². The number of aliphatic hydroxyl groups is 18. The summed E-state index contributed by atoms with van der Waals surface area (Å²) in [4.78, 5) is 0. The Labute approximate surface area is 372 Å². The summed E-state index contributed by atoms with van der Waals surface area (Å²) < 4.78 is 67.0. The lowest BCUT2D eigenvalue weighted by molar-refractivity contribution is -0.385. The molecule has 30 heteroatoms. The smallest absolute Gasteiger partial charge is 0.187 e. The Hall–Kier alpha value is -1.20. The molecule has 18 N–H and O–H groups in total. The molecule has 7 saturated heterocycles. The summed E-state index contributed by atoms with van der Waals surface area (Å²) in [6.07, 6.45) is -55.7. The molecule has 7 aliphatic heterocycles. The molecule has 7 aliphatic rings. The van der Waals surface area contributed by atoms with Crippen LogP contribution >= 0.6 is 0 Å². The SMILES string of the molecule is OC[C@H]1O[C@@H](OC[C@H]2O[C@@H](O)[C@H](OC[C@H]3O[C@@H]4OC[C@@H]5O[C@@H](O[C@@H]6[C@@H](O)[C@@H](OC[C@H]7O[C@H](O[C@H]([C@H]4O)[C@@H]3O)[C@H](O)[C@@H](O)[C@@H]7O)O[C@H](CO)[C@H]6O)[C@@H](O)[C@H](O)[C@H]5O)[C@@H](O)[C@H]2O)[C@H](O)[C@@H](O)[C@H]1O. The first-order chi connectivity index (χ1) is 31.3. The Morgan fingerprint density at radius 3 is 1.27 bits per heavy atom. The number of hydrogen-bond donors (Lipinski definition) is 18. The molecular formula is C36H60O30. The summed E-state index contributed by atoms with van der Waals surface area (Å²) >= 11 is 0.